The third-order valence-corrected chi connectivity index (χ3v) is 4.63. The quantitative estimate of drug-likeness (QED) is 0.696. The van der Waals surface area contributed by atoms with Crippen LogP contribution in [0.15, 0.2) is 48.8 Å². The van der Waals surface area contributed by atoms with Gasteiger partial charge in [0, 0.05) is 42.0 Å². The van der Waals surface area contributed by atoms with Crippen LogP contribution in [0.3, 0.4) is 0 Å². The van der Waals surface area contributed by atoms with E-state index in [-0.39, 0.29) is 5.91 Å². The van der Waals surface area contributed by atoms with Crippen LogP contribution in [-0.4, -0.2) is 25.7 Å². The standard InChI is InChI=1S/C20H20N6O/c1-4-26-11-14(8-23-26)24-13(3)19-15-7-17(16-9-21-6-5-12(16)2)22-10-18(15)25-20(19)27/h5-11,24H,4H2,1-3H3,(H,25,27)/b19-13-. The second kappa shape index (κ2) is 6.68. The lowest BCUT2D eigenvalue weighted by molar-refractivity contribution is -0.110. The first-order chi connectivity index (χ1) is 13.1. The molecule has 0 aliphatic carbocycles. The van der Waals surface area contributed by atoms with Crippen LogP contribution in [0, 0.1) is 6.92 Å². The Kier molecular flexibility index (Phi) is 4.19. The smallest absolute Gasteiger partial charge is 0.258 e. The largest absolute Gasteiger partial charge is 0.356 e. The van der Waals surface area contributed by atoms with Crippen LogP contribution in [0.25, 0.3) is 16.8 Å². The van der Waals surface area contributed by atoms with Gasteiger partial charge in [-0.15, -0.1) is 0 Å². The molecule has 0 fully saturated rings. The average Bonchev–Trinajstić information content (AvgIpc) is 3.24. The van der Waals surface area contributed by atoms with E-state index in [1.807, 2.05) is 43.8 Å². The molecular formula is C20H20N6O. The van der Waals surface area contributed by atoms with Crippen LogP contribution >= 0.6 is 0 Å². The van der Waals surface area contributed by atoms with Gasteiger partial charge in [-0.1, -0.05) is 0 Å². The molecule has 136 valence electrons. The lowest BCUT2D eigenvalue weighted by atomic mass is 10.0. The SMILES string of the molecule is CCn1cc(N/C(C)=C2\C(=O)Nc3cnc(-c4cnccc4C)cc32)cn1. The molecule has 2 N–H and O–H groups in total. The molecule has 0 radical (unpaired) electrons. The summed E-state index contributed by atoms with van der Waals surface area (Å²) in [5.74, 6) is -0.139. The maximum Gasteiger partial charge on any atom is 0.258 e. The number of carbonyl (C=O) groups is 1. The molecule has 1 aliphatic rings. The summed E-state index contributed by atoms with van der Waals surface area (Å²) in [6.07, 6.45) is 8.91. The van der Waals surface area contributed by atoms with Crippen molar-refractivity contribution in [3.63, 3.8) is 0 Å². The molecule has 0 saturated carbocycles. The van der Waals surface area contributed by atoms with Crippen molar-refractivity contribution in [2.45, 2.75) is 27.3 Å². The van der Waals surface area contributed by atoms with E-state index in [2.05, 4.69) is 25.7 Å². The molecule has 0 spiro atoms. The van der Waals surface area contributed by atoms with Crippen LogP contribution in [0.4, 0.5) is 11.4 Å². The predicted octanol–water partition coefficient (Wildman–Crippen LogP) is 3.46. The molecule has 0 unspecified atom stereocenters. The van der Waals surface area contributed by atoms with Crippen molar-refractivity contribution in [1.29, 1.82) is 0 Å². The van der Waals surface area contributed by atoms with Crippen LogP contribution in [0.5, 0.6) is 0 Å². The minimum absolute atomic E-state index is 0.139. The van der Waals surface area contributed by atoms with Gasteiger partial charge in [0.05, 0.1) is 35.0 Å². The van der Waals surface area contributed by atoms with Crippen molar-refractivity contribution in [3.05, 3.63) is 59.9 Å². The molecule has 0 aromatic carbocycles. The van der Waals surface area contributed by atoms with Gasteiger partial charge >= 0.3 is 0 Å². The fourth-order valence-corrected chi connectivity index (χ4v) is 3.20. The van der Waals surface area contributed by atoms with Gasteiger partial charge in [-0.05, 0) is 38.5 Å². The molecule has 1 amide bonds. The number of nitrogens with zero attached hydrogens (tertiary/aromatic N) is 4. The van der Waals surface area contributed by atoms with Crippen molar-refractivity contribution >= 4 is 22.9 Å². The summed E-state index contributed by atoms with van der Waals surface area (Å²) in [5.41, 5.74) is 6.60. The molecule has 27 heavy (non-hydrogen) atoms. The van der Waals surface area contributed by atoms with E-state index in [4.69, 9.17) is 0 Å². The highest BCUT2D eigenvalue weighted by molar-refractivity contribution is 6.32. The topological polar surface area (TPSA) is 84.7 Å². The average molecular weight is 360 g/mol. The van der Waals surface area contributed by atoms with E-state index in [1.165, 1.54) is 0 Å². The van der Waals surface area contributed by atoms with Crippen LogP contribution in [0.2, 0.25) is 0 Å². The molecule has 7 nitrogen and oxygen atoms in total. The number of aryl methyl sites for hydroxylation is 2. The normalized spacial score (nSPS) is 14.7. The Bertz CT molecular complexity index is 1070. The molecule has 7 heteroatoms. The van der Waals surface area contributed by atoms with E-state index in [1.54, 1.807) is 24.8 Å². The van der Waals surface area contributed by atoms with E-state index < -0.39 is 0 Å². The Morgan fingerprint density at radius 2 is 2.11 bits per heavy atom. The number of amides is 1. The molecule has 0 bridgehead atoms. The minimum atomic E-state index is -0.139. The van der Waals surface area contributed by atoms with Crippen molar-refractivity contribution in [3.8, 4) is 11.3 Å². The maximum atomic E-state index is 12.6. The molecule has 4 rings (SSSR count). The number of rotatable bonds is 4. The summed E-state index contributed by atoms with van der Waals surface area (Å²) in [4.78, 5) is 21.3. The van der Waals surface area contributed by atoms with Gasteiger partial charge < -0.3 is 10.6 Å². The Hall–Kier alpha value is -3.48. The first kappa shape index (κ1) is 17.0. The number of aromatic nitrogens is 4. The zero-order chi connectivity index (χ0) is 19.0. The van der Waals surface area contributed by atoms with Crippen LogP contribution < -0.4 is 10.6 Å². The van der Waals surface area contributed by atoms with E-state index in [0.29, 0.717) is 11.3 Å². The second-order valence-corrected chi connectivity index (χ2v) is 6.47. The first-order valence-corrected chi connectivity index (χ1v) is 8.80. The summed E-state index contributed by atoms with van der Waals surface area (Å²) in [6, 6.07) is 3.88. The lowest BCUT2D eigenvalue weighted by Gasteiger charge is -2.09. The van der Waals surface area contributed by atoms with E-state index in [0.717, 1.165) is 40.3 Å². The van der Waals surface area contributed by atoms with Gasteiger partial charge in [-0.3, -0.25) is 19.4 Å². The summed E-state index contributed by atoms with van der Waals surface area (Å²) in [7, 11) is 0. The third kappa shape index (κ3) is 3.08. The molecule has 1 aliphatic heterocycles. The molecule has 3 aromatic rings. The van der Waals surface area contributed by atoms with E-state index >= 15 is 0 Å². The lowest BCUT2D eigenvalue weighted by Crippen LogP contribution is -2.08. The molecule has 0 atom stereocenters. The van der Waals surface area contributed by atoms with Crippen molar-refractivity contribution < 1.29 is 4.79 Å². The van der Waals surface area contributed by atoms with Gasteiger partial charge in [0.15, 0.2) is 0 Å². The summed E-state index contributed by atoms with van der Waals surface area (Å²) >= 11 is 0. The minimum Gasteiger partial charge on any atom is -0.356 e. The number of hydrogen-bond acceptors (Lipinski definition) is 5. The van der Waals surface area contributed by atoms with Crippen molar-refractivity contribution in [1.82, 2.24) is 19.7 Å². The maximum absolute atomic E-state index is 12.6. The second-order valence-electron chi connectivity index (χ2n) is 6.47. The molecular weight excluding hydrogens is 340 g/mol. The number of pyridine rings is 2. The highest BCUT2D eigenvalue weighted by Crippen LogP contribution is 2.36. The van der Waals surface area contributed by atoms with Gasteiger partial charge in [-0.25, -0.2) is 0 Å². The third-order valence-electron chi connectivity index (χ3n) is 4.63. The Labute approximate surface area is 157 Å². The zero-order valence-corrected chi connectivity index (χ0v) is 15.4. The Morgan fingerprint density at radius 3 is 2.85 bits per heavy atom. The monoisotopic (exact) mass is 360 g/mol. The number of allylic oxidation sites excluding steroid dienone is 1. The predicted molar refractivity (Wildman–Crippen MR) is 105 cm³/mol. The van der Waals surface area contributed by atoms with Gasteiger partial charge in [-0.2, -0.15) is 5.10 Å². The van der Waals surface area contributed by atoms with Gasteiger partial charge in [0.1, 0.15) is 0 Å². The number of nitrogens with one attached hydrogen (secondary N) is 2. The zero-order valence-electron chi connectivity index (χ0n) is 15.4. The Balaban J connectivity index is 1.75. The number of anilines is 2. The summed E-state index contributed by atoms with van der Waals surface area (Å²) in [5, 5.41) is 10.4. The van der Waals surface area contributed by atoms with Gasteiger partial charge in [0.2, 0.25) is 0 Å². The van der Waals surface area contributed by atoms with Crippen molar-refractivity contribution in [2.24, 2.45) is 0 Å². The first-order valence-electron chi connectivity index (χ1n) is 8.80. The van der Waals surface area contributed by atoms with E-state index in [9.17, 15) is 4.79 Å². The number of carbonyl (C=O) groups excluding carboxylic acids is 1. The molecule has 0 saturated heterocycles. The van der Waals surface area contributed by atoms with Crippen molar-refractivity contribution in [2.75, 3.05) is 10.6 Å². The van der Waals surface area contributed by atoms with Gasteiger partial charge in [0.25, 0.3) is 5.91 Å². The van der Waals surface area contributed by atoms with Crippen LogP contribution in [0.1, 0.15) is 25.0 Å². The Morgan fingerprint density at radius 1 is 1.26 bits per heavy atom. The number of hydrogen-bond donors (Lipinski definition) is 2. The summed E-state index contributed by atoms with van der Waals surface area (Å²) < 4.78 is 1.83. The van der Waals surface area contributed by atoms with Crippen LogP contribution in [-0.2, 0) is 11.3 Å². The highest BCUT2D eigenvalue weighted by Gasteiger charge is 2.27. The number of fused-ring (bicyclic) bond motifs is 1. The molecule has 3 aromatic heterocycles. The molecule has 4 heterocycles. The fourth-order valence-electron chi connectivity index (χ4n) is 3.20. The fraction of sp³-hybridized carbons (Fsp3) is 0.200. The highest BCUT2D eigenvalue weighted by atomic mass is 16.2. The summed E-state index contributed by atoms with van der Waals surface area (Å²) in [6.45, 7) is 6.73.